The number of nitrogens with zero attached hydrogens (tertiary/aromatic N) is 2. The van der Waals surface area contributed by atoms with Crippen LogP contribution in [0.5, 0.6) is 0 Å². The fraction of sp³-hybridized carbons (Fsp3) is 0.429. The number of aryl methyl sites for hydroxylation is 2. The van der Waals surface area contributed by atoms with E-state index in [1.807, 2.05) is 37.1 Å². The summed E-state index contributed by atoms with van der Waals surface area (Å²) in [5.41, 5.74) is 1.08. The van der Waals surface area contributed by atoms with Crippen LogP contribution in [-0.4, -0.2) is 33.9 Å². The molecule has 0 radical (unpaired) electrons. The first-order valence-corrected chi connectivity index (χ1v) is 7.32. The van der Waals surface area contributed by atoms with Gasteiger partial charge >= 0.3 is 0 Å². The summed E-state index contributed by atoms with van der Waals surface area (Å²) in [5.74, 6) is 1.51. The maximum atomic E-state index is 12.3. The Morgan fingerprint density at radius 2 is 2.32 bits per heavy atom. The lowest BCUT2D eigenvalue weighted by atomic mass is 10.1. The Morgan fingerprint density at radius 1 is 1.47 bits per heavy atom. The lowest BCUT2D eigenvalue weighted by molar-refractivity contribution is 0.0795. The normalized spacial score (nSPS) is 19.1. The number of nitrogens with one attached hydrogen (secondary N) is 1. The summed E-state index contributed by atoms with van der Waals surface area (Å²) < 4.78 is 0. The minimum absolute atomic E-state index is 0.156. The van der Waals surface area contributed by atoms with Crippen LogP contribution in [0.15, 0.2) is 18.3 Å². The summed E-state index contributed by atoms with van der Waals surface area (Å²) in [6, 6.07) is 3.92. The molecule has 2 aromatic heterocycles. The predicted molar refractivity (Wildman–Crippen MR) is 75.6 cm³/mol. The first-order chi connectivity index (χ1) is 9.13. The predicted octanol–water partition coefficient (Wildman–Crippen LogP) is 2.72. The second kappa shape index (κ2) is 4.81. The standard InChI is InChI=1S/C14H17N3OS/c1-9-7-15-13(16-9)11-5-6-17(8-11)14(18)12-4-3-10(2)19-12/h3-4,7,11H,5-6,8H2,1-2H3,(H,15,16)/t11-/m1/s1. The van der Waals surface area contributed by atoms with Gasteiger partial charge in [-0.15, -0.1) is 11.3 Å². The molecule has 1 atom stereocenters. The van der Waals surface area contributed by atoms with Crippen molar-refractivity contribution in [2.45, 2.75) is 26.2 Å². The number of carbonyl (C=O) groups is 1. The van der Waals surface area contributed by atoms with Crippen LogP contribution in [0.3, 0.4) is 0 Å². The number of carbonyl (C=O) groups excluding carboxylic acids is 1. The molecule has 1 aliphatic rings. The highest BCUT2D eigenvalue weighted by molar-refractivity contribution is 7.13. The average molecular weight is 275 g/mol. The fourth-order valence-corrected chi connectivity index (χ4v) is 3.35. The number of hydrogen-bond donors (Lipinski definition) is 1. The summed E-state index contributed by atoms with van der Waals surface area (Å²) in [4.78, 5) is 24.0. The number of hydrogen-bond acceptors (Lipinski definition) is 3. The summed E-state index contributed by atoms with van der Waals surface area (Å²) in [5, 5.41) is 0. The first-order valence-electron chi connectivity index (χ1n) is 6.50. The number of H-pyrrole nitrogens is 1. The van der Waals surface area contributed by atoms with Crippen molar-refractivity contribution in [2.24, 2.45) is 0 Å². The molecule has 0 bridgehead atoms. The Hall–Kier alpha value is -1.62. The number of thiophene rings is 1. The van der Waals surface area contributed by atoms with Gasteiger partial charge in [0.05, 0.1) is 4.88 Å². The van der Waals surface area contributed by atoms with Gasteiger partial charge < -0.3 is 9.88 Å². The van der Waals surface area contributed by atoms with E-state index in [4.69, 9.17) is 0 Å². The lowest BCUT2D eigenvalue weighted by Crippen LogP contribution is -2.27. The maximum absolute atomic E-state index is 12.3. The molecule has 1 saturated heterocycles. The van der Waals surface area contributed by atoms with Crippen molar-refractivity contribution in [3.8, 4) is 0 Å². The Labute approximate surface area is 116 Å². The van der Waals surface area contributed by atoms with Crippen molar-refractivity contribution < 1.29 is 4.79 Å². The van der Waals surface area contributed by atoms with E-state index in [0.717, 1.165) is 35.9 Å². The van der Waals surface area contributed by atoms with E-state index >= 15 is 0 Å². The van der Waals surface area contributed by atoms with E-state index in [0.29, 0.717) is 5.92 Å². The summed E-state index contributed by atoms with van der Waals surface area (Å²) in [7, 11) is 0. The molecule has 2 aromatic rings. The molecule has 19 heavy (non-hydrogen) atoms. The Morgan fingerprint density at radius 3 is 2.95 bits per heavy atom. The van der Waals surface area contributed by atoms with E-state index < -0.39 is 0 Å². The van der Waals surface area contributed by atoms with E-state index in [1.54, 1.807) is 11.3 Å². The van der Waals surface area contributed by atoms with Crippen LogP contribution < -0.4 is 0 Å². The molecule has 1 amide bonds. The second-order valence-corrected chi connectivity index (χ2v) is 6.39. The van der Waals surface area contributed by atoms with Gasteiger partial charge in [0.2, 0.25) is 0 Å². The van der Waals surface area contributed by atoms with E-state index in [-0.39, 0.29) is 5.91 Å². The molecule has 1 aliphatic heterocycles. The molecule has 5 heteroatoms. The van der Waals surface area contributed by atoms with Gasteiger partial charge in [-0.1, -0.05) is 0 Å². The van der Waals surface area contributed by atoms with Crippen LogP contribution in [0, 0.1) is 13.8 Å². The number of aromatic amines is 1. The highest BCUT2D eigenvalue weighted by Gasteiger charge is 2.29. The highest BCUT2D eigenvalue weighted by Crippen LogP contribution is 2.27. The van der Waals surface area contributed by atoms with Crippen molar-refractivity contribution in [2.75, 3.05) is 13.1 Å². The minimum Gasteiger partial charge on any atom is -0.346 e. The van der Waals surface area contributed by atoms with Gasteiger partial charge in [0.15, 0.2) is 0 Å². The molecular weight excluding hydrogens is 258 g/mol. The molecule has 0 saturated carbocycles. The van der Waals surface area contributed by atoms with Gasteiger partial charge in [0, 0.05) is 35.8 Å². The quantitative estimate of drug-likeness (QED) is 0.916. The molecule has 100 valence electrons. The minimum atomic E-state index is 0.156. The number of amides is 1. The van der Waals surface area contributed by atoms with Crippen molar-refractivity contribution in [1.82, 2.24) is 14.9 Å². The largest absolute Gasteiger partial charge is 0.346 e. The van der Waals surface area contributed by atoms with E-state index in [9.17, 15) is 4.79 Å². The van der Waals surface area contributed by atoms with Crippen molar-refractivity contribution in [1.29, 1.82) is 0 Å². The third-order valence-electron chi connectivity index (χ3n) is 3.54. The molecular formula is C14H17N3OS. The topological polar surface area (TPSA) is 49.0 Å². The summed E-state index contributed by atoms with van der Waals surface area (Å²) in [6.07, 6.45) is 2.84. The van der Waals surface area contributed by atoms with Crippen molar-refractivity contribution >= 4 is 17.2 Å². The number of rotatable bonds is 2. The summed E-state index contributed by atoms with van der Waals surface area (Å²) >= 11 is 1.57. The van der Waals surface area contributed by atoms with Crippen molar-refractivity contribution in [3.63, 3.8) is 0 Å². The van der Waals surface area contributed by atoms with E-state index in [2.05, 4.69) is 9.97 Å². The molecule has 1 N–H and O–H groups in total. The van der Waals surface area contributed by atoms with Gasteiger partial charge in [-0.05, 0) is 32.4 Å². The van der Waals surface area contributed by atoms with Crippen LogP contribution in [0.4, 0.5) is 0 Å². The van der Waals surface area contributed by atoms with Gasteiger partial charge in [0.1, 0.15) is 5.82 Å². The molecule has 0 aliphatic carbocycles. The van der Waals surface area contributed by atoms with Crippen LogP contribution in [0.2, 0.25) is 0 Å². The summed E-state index contributed by atoms with van der Waals surface area (Å²) in [6.45, 7) is 5.62. The van der Waals surface area contributed by atoms with Crippen molar-refractivity contribution in [3.05, 3.63) is 39.6 Å². The third kappa shape index (κ3) is 2.42. The molecule has 4 nitrogen and oxygen atoms in total. The highest BCUT2D eigenvalue weighted by atomic mass is 32.1. The van der Waals surface area contributed by atoms with Gasteiger partial charge in [0.25, 0.3) is 5.91 Å². The molecule has 3 heterocycles. The fourth-order valence-electron chi connectivity index (χ4n) is 2.51. The monoisotopic (exact) mass is 275 g/mol. The molecule has 0 spiro atoms. The molecule has 0 aromatic carbocycles. The molecule has 0 unspecified atom stereocenters. The zero-order chi connectivity index (χ0) is 13.4. The van der Waals surface area contributed by atoms with Gasteiger partial charge in [-0.25, -0.2) is 4.98 Å². The zero-order valence-corrected chi connectivity index (χ0v) is 12.0. The zero-order valence-electron chi connectivity index (χ0n) is 11.1. The Bertz CT molecular complexity index is 601. The number of imidazole rings is 1. The van der Waals surface area contributed by atoms with Crippen LogP contribution >= 0.6 is 11.3 Å². The first kappa shape index (κ1) is 12.4. The lowest BCUT2D eigenvalue weighted by Gasteiger charge is -2.14. The average Bonchev–Trinajstić information content (AvgIpc) is 3.07. The van der Waals surface area contributed by atoms with Crippen LogP contribution in [0.25, 0.3) is 0 Å². The maximum Gasteiger partial charge on any atom is 0.263 e. The Kier molecular flexibility index (Phi) is 3.14. The van der Waals surface area contributed by atoms with Crippen LogP contribution in [0.1, 0.15) is 38.4 Å². The number of likely N-dealkylation sites (tertiary alicyclic amines) is 1. The smallest absolute Gasteiger partial charge is 0.263 e. The number of aromatic nitrogens is 2. The third-order valence-corrected chi connectivity index (χ3v) is 4.52. The van der Waals surface area contributed by atoms with Gasteiger partial charge in [-0.3, -0.25) is 4.79 Å². The Balaban J connectivity index is 1.70. The SMILES string of the molecule is Cc1cnc([C@@H]2CCN(C(=O)c3ccc(C)s3)C2)[nH]1. The van der Waals surface area contributed by atoms with E-state index in [1.165, 1.54) is 4.88 Å². The molecule has 3 rings (SSSR count). The van der Waals surface area contributed by atoms with Gasteiger partial charge in [-0.2, -0.15) is 0 Å². The molecule has 1 fully saturated rings. The second-order valence-electron chi connectivity index (χ2n) is 5.10. The van der Waals surface area contributed by atoms with Crippen LogP contribution in [-0.2, 0) is 0 Å².